The number of hydrogen-bond donors (Lipinski definition) is 0. The van der Waals surface area contributed by atoms with Gasteiger partial charge in [-0.15, -0.1) is 0 Å². The number of aromatic nitrogens is 3. The maximum absolute atomic E-state index is 5.87. The van der Waals surface area contributed by atoms with Crippen molar-refractivity contribution in [3.8, 4) is 39.6 Å². The maximum atomic E-state index is 5.87. The van der Waals surface area contributed by atoms with Crippen molar-refractivity contribution in [3.05, 3.63) is 199 Å². The van der Waals surface area contributed by atoms with Crippen LogP contribution in [-0.4, -0.2) is 14.5 Å². The van der Waals surface area contributed by atoms with Gasteiger partial charge in [-0.3, -0.25) is 4.57 Å². The highest BCUT2D eigenvalue weighted by molar-refractivity contribution is 6.36. The van der Waals surface area contributed by atoms with Crippen LogP contribution in [0, 0.1) is 0 Å². The highest BCUT2D eigenvalue weighted by Crippen LogP contribution is 2.53. The molecule has 0 bridgehead atoms. The maximum Gasteiger partial charge on any atom is 0.235 e. The molecule has 0 spiro atoms. The molecule has 12 aromatic rings. The minimum absolute atomic E-state index is 0.340. The highest BCUT2D eigenvalue weighted by Gasteiger charge is 2.40. The molecule has 3 heteroatoms. The van der Waals surface area contributed by atoms with E-state index in [0.717, 1.165) is 33.5 Å². The Morgan fingerprint density at radius 2 is 0.967 bits per heavy atom. The smallest absolute Gasteiger partial charge is 0.235 e. The second-order valence-electron chi connectivity index (χ2n) is 16.9. The second-order valence-corrected chi connectivity index (χ2v) is 16.9. The van der Waals surface area contributed by atoms with E-state index in [1.165, 1.54) is 86.9 Å². The normalized spacial score (nSPS) is 13.3. The molecule has 0 N–H and O–H groups in total. The van der Waals surface area contributed by atoms with Gasteiger partial charge in [-0.2, -0.15) is 0 Å². The van der Waals surface area contributed by atoms with Gasteiger partial charge in [0.25, 0.3) is 0 Å². The van der Waals surface area contributed by atoms with Gasteiger partial charge >= 0.3 is 0 Å². The van der Waals surface area contributed by atoms with Crippen LogP contribution in [0.25, 0.3) is 115 Å². The third-order valence-electron chi connectivity index (χ3n) is 13.3. The Labute approximate surface area is 346 Å². The van der Waals surface area contributed by atoms with Crippen molar-refractivity contribution in [3.63, 3.8) is 0 Å². The molecular weight excluding hydrogens is 727 g/mol. The third-order valence-corrected chi connectivity index (χ3v) is 13.3. The monoisotopic (exact) mass is 763 g/mol. The average Bonchev–Trinajstić information content (AvgIpc) is 3.77. The van der Waals surface area contributed by atoms with E-state index in [1.54, 1.807) is 0 Å². The Kier molecular flexibility index (Phi) is 6.78. The van der Waals surface area contributed by atoms with Crippen molar-refractivity contribution in [2.45, 2.75) is 19.3 Å². The van der Waals surface area contributed by atoms with Crippen molar-refractivity contribution < 1.29 is 0 Å². The molecule has 60 heavy (non-hydrogen) atoms. The van der Waals surface area contributed by atoms with Crippen LogP contribution >= 0.6 is 0 Å². The van der Waals surface area contributed by atoms with Gasteiger partial charge in [0.2, 0.25) is 5.95 Å². The molecule has 0 aliphatic heterocycles. The van der Waals surface area contributed by atoms with Crippen LogP contribution < -0.4 is 0 Å². The van der Waals surface area contributed by atoms with Gasteiger partial charge in [0, 0.05) is 43.7 Å². The van der Waals surface area contributed by atoms with Crippen molar-refractivity contribution >= 4 is 75.7 Å². The molecule has 1 aliphatic carbocycles. The summed E-state index contributed by atoms with van der Waals surface area (Å²) in [4.78, 5) is 11.6. The van der Waals surface area contributed by atoms with Gasteiger partial charge in [0.15, 0.2) is 0 Å². The van der Waals surface area contributed by atoms with Crippen molar-refractivity contribution in [2.75, 3.05) is 0 Å². The average molecular weight is 764 g/mol. The predicted octanol–water partition coefficient (Wildman–Crippen LogP) is 15.0. The minimum Gasteiger partial charge on any atom is -0.277 e. The number of rotatable bonds is 3. The molecule has 0 atom stereocenters. The fraction of sp³-hybridized carbons (Fsp3) is 0.0526. The summed E-state index contributed by atoms with van der Waals surface area (Å²) < 4.78 is 2.37. The summed E-state index contributed by atoms with van der Waals surface area (Å²) in [6.45, 7) is 4.67. The van der Waals surface area contributed by atoms with Crippen LogP contribution in [0.15, 0.2) is 188 Å². The summed E-state index contributed by atoms with van der Waals surface area (Å²) in [6, 6.07) is 68.7. The Bertz CT molecular complexity index is 3760. The fourth-order valence-corrected chi connectivity index (χ4v) is 10.7. The standard InChI is InChI=1S/C57H37N3/c1-57(2)48-27-15-14-26-45(48)53-52(57)54(47-33-37(34-16-4-3-5-17-34)32-36-19-7-8-20-38(36)47)59-56(58-53)60-49-31-30-44-42-24-11-10-22-40(42)41-23-12-13-25-43(41)50(44)51(49)46-29-28-35-18-6-9-21-39(35)55(46)60/h3-33H,1-2H3. The zero-order chi connectivity index (χ0) is 39.7. The predicted molar refractivity (Wildman–Crippen MR) is 252 cm³/mol. The molecule has 0 saturated heterocycles. The second kappa shape index (κ2) is 12.2. The topological polar surface area (TPSA) is 30.7 Å². The Hall–Kier alpha value is -7.62. The molecule has 0 radical (unpaired) electrons. The number of hydrogen-bond acceptors (Lipinski definition) is 2. The van der Waals surface area contributed by atoms with Crippen molar-refractivity contribution in [2.24, 2.45) is 0 Å². The lowest BCUT2D eigenvalue weighted by molar-refractivity contribution is 0.657. The van der Waals surface area contributed by atoms with E-state index in [-0.39, 0.29) is 5.41 Å². The third kappa shape index (κ3) is 4.49. The van der Waals surface area contributed by atoms with E-state index in [1.807, 2.05) is 0 Å². The summed E-state index contributed by atoms with van der Waals surface area (Å²) in [6.07, 6.45) is 0. The van der Waals surface area contributed by atoms with Crippen molar-refractivity contribution in [1.29, 1.82) is 0 Å². The largest absolute Gasteiger partial charge is 0.277 e. The Morgan fingerprint density at radius 1 is 0.400 bits per heavy atom. The molecule has 0 unspecified atom stereocenters. The van der Waals surface area contributed by atoms with Gasteiger partial charge in [0.05, 0.1) is 22.4 Å². The zero-order valence-electron chi connectivity index (χ0n) is 33.2. The molecule has 0 fully saturated rings. The summed E-state index contributed by atoms with van der Waals surface area (Å²) in [5.41, 5.74) is 10.9. The van der Waals surface area contributed by atoms with Gasteiger partial charge in [0.1, 0.15) is 0 Å². The van der Waals surface area contributed by atoms with Crippen LogP contribution in [-0.2, 0) is 5.41 Å². The highest BCUT2D eigenvalue weighted by atomic mass is 15.2. The van der Waals surface area contributed by atoms with Crippen LogP contribution in [0.5, 0.6) is 0 Å². The van der Waals surface area contributed by atoms with E-state index in [4.69, 9.17) is 9.97 Å². The quantitative estimate of drug-likeness (QED) is 0.168. The summed E-state index contributed by atoms with van der Waals surface area (Å²) in [5.74, 6) is 0.672. The van der Waals surface area contributed by atoms with Crippen LogP contribution in [0.4, 0.5) is 0 Å². The molecule has 1 aliphatic rings. The molecular formula is C57H37N3. The number of fused-ring (bicyclic) bond motifs is 16. The van der Waals surface area contributed by atoms with Crippen LogP contribution in [0.3, 0.4) is 0 Å². The molecule has 10 aromatic carbocycles. The van der Waals surface area contributed by atoms with Crippen LogP contribution in [0.2, 0.25) is 0 Å². The molecule has 2 heterocycles. The number of benzene rings is 10. The fourth-order valence-electron chi connectivity index (χ4n) is 10.7. The van der Waals surface area contributed by atoms with E-state index >= 15 is 0 Å². The Balaban J connectivity index is 1.23. The van der Waals surface area contributed by atoms with Crippen LogP contribution in [0.1, 0.15) is 25.0 Å². The van der Waals surface area contributed by atoms with E-state index in [0.29, 0.717) is 5.95 Å². The first-order valence-corrected chi connectivity index (χ1v) is 20.8. The summed E-state index contributed by atoms with van der Waals surface area (Å²) >= 11 is 0. The first kappa shape index (κ1) is 33.4. The zero-order valence-corrected chi connectivity index (χ0v) is 33.2. The lowest BCUT2D eigenvalue weighted by atomic mass is 9.80. The molecule has 2 aromatic heterocycles. The lowest BCUT2D eigenvalue weighted by Gasteiger charge is -2.25. The van der Waals surface area contributed by atoms with Gasteiger partial charge in [-0.05, 0) is 78.0 Å². The summed E-state index contributed by atoms with van der Waals surface area (Å²) in [5, 5.41) is 14.7. The SMILES string of the molecule is CC1(C)c2ccccc2-c2nc(-n3c4ccc5c6ccccc6c6ccccc6c5c4c4ccc5ccccc5c43)nc(-c3cc(-c4ccccc4)cc4ccccc34)c21. The van der Waals surface area contributed by atoms with Gasteiger partial charge in [-0.25, -0.2) is 9.97 Å². The first-order chi connectivity index (χ1) is 29.5. The van der Waals surface area contributed by atoms with E-state index in [2.05, 4.69) is 206 Å². The van der Waals surface area contributed by atoms with E-state index in [9.17, 15) is 0 Å². The summed E-state index contributed by atoms with van der Waals surface area (Å²) in [7, 11) is 0. The van der Waals surface area contributed by atoms with Gasteiger partial charge in [-0.1, -0.05) is 184 Å². The molecule has 0 amide bonds. The van der Waals surface area contributed by atoms with Gasteiger partial charge < -0.3 is 0 Å². The first-order valence-electron chi connectivity index (χ1n) is 20.8. The molecule has 13 rings (SSSR count). The van der Waals surface area contributed by atoms with E-state index < -0.39 is 0 Å². The molecule has 280 valence electrons. The lowest BCUT2D eigenvalue weighted by Crippen LogP contribution is -2.18. The molecule has 3 nitrogen and oxygen atoms in total. The van der Waals surface area contributed by atoms with Crippen molar-refractivity contribution in [1.82, 2.24) is 14.5 Å². The minimum atomic E-state index is -0.340. The molecule has 0 saturated carbocycles. The number of nitrogens with zero attached hydrogens (tertiary/aromatic N) is 3. The Morgan fingerprint density at radius 3 is 1.73 bits per heavy atom.